The Hall–Kier alpha value is -3.74. The molecule has 3 rings (SSSR count). The fraction of sp³-hybridized carbons (Fsp3) is 0.269. The van der Waals surface area contributed by atoms with E-state index in [9.17, 15) is 14.0 Å². The molecule has 0 fully saturated rings. The lowest BCUT2D eigenvalue weighted by molar-refractivity contribution is -0.130. The smallest absolute Gasteiger partial charge is 0.247 e. The number of halogens is 1. The molecule has 6 nitrogen and oxygen atoms in total. The van der Waals surface area contributed by atoms with Crippen LogP contribution >= 0.6 is 0 Å². The normalized spacial score (nSPS) is 11.1. The number of aryl methyl sites for hydroxylation is 2. The van der Waals surface area contributed by atoms with Gasteiger partial charge < -0.3 is 10.2 Å². The summed E-state index contributed by atoms with van der Waals surface area (Å²) in [5, 5.41) is 7.40. The largest absolute Gasteiger partial charge is 0.330 e. The molecule has 0 aliphatic rings. The van der Waals surface area contributed by atoms with Crippen molar-refractivity contribution in [2.75, 3.05) is 18.4 Å². The highest BCUT2D eigenvalue weighted by Gasteiger charge is 2.16. The number of nitrogens with one attached hydrogen (secondary N) is 1. The SMILES string of the molecule is CCCN(CC(=O)Nc1ccccc1C)C(=O)C=Cc1c(C)nn(-c2ccc(F)cc2)c1C. The quantitative estimate of drug-likeness (QED) is 0.502. The van der Waals surface area contributed by atoms with Crippen molar-refractivity contribution >= 4 is 23.6 Å². The highest BCUT2D eigenvalue weighted by molar-refractivity contribution is 5.98. The summed E-state index contributed by atoms with van der Waals surface area (Å²) < 4.78 is 15.0. The number of rotatable bonds is 8. The van der Waals surface area contributed by atoms with Crippen molar-refractivity contribution in [2.45, 2.75) is 34.1 Å². The van der Waals surface area contributed by atoms with E-state index >= 15 is 0 Å². The highest BCUT2D eigenvalue weighted by atomic mass is 19.1. The van der Waals surface area contributed by atoms with Crippen LogP contribution in [0.3, 0.4) is 0 Å². The Balaban J connectivity index is 1.73. The first-order valence-electron chi connectivity index (χ1n) is 10.9. The van der Waals surface area contributed by atoms with Gasteiger partial charge in [0.25, 0.3) is 0 Å². The standard InChI is InChI=1S/C26H29FN4O2/c1-5-16-30(17-25(32)28-24-9-7-6-8-18(24)2)26(33)15-14-23-19(3)29-31(20(23)4)22-12-10-21(27)11-13-22/h6-15H,5,16-17H2,1-4H3,(H,28,32). The number of hydrogen-bond donors (Lipinski definition) is 1. The average Bonchev–Trinajstić information content (AvgIpc) is 3.07. The monoisotopic (exact) mass is 448 g/mol. The van der Waals surface area contributed by atoms with E-state index in [1.807, 2.05) is 52.0 Å². The highest BCUT2D eigenvalue weighted by Crippen LogP contribution is 2.20. The molecule has 2 amide bonds. The third-order valence-corrected chi connectivity index (χ3v) is 5.37. The van der Waals surface area contributed by atoms with Crippen molar-refractivity contribution in [3.05, 3.63) is 82.9 Å². The van der Waals surface area contributed by atoms with Crippen LogP contribution in [0.5, 0.6) is 0 Å². The summed E-state index contributed by atoms with van der Waals surface area (Å²) in [5.41, 5.74) is 4.84. The molecule has 0 radical (unpaired) electrons. The minimum atomic E-state index is -0.312. The second kappa shape index (κ2) is 10.7. The van der Waals surface area contributed by atoms with Crippen molar-refractivity contribution in [1.82, 2.24) is 14.7 Å². The summed E-state index contributed by atoms with van der Waals surface area (Å²) in [4.78, 5) is 27.0. The van der Waals surface area contributed by atoms with Crippen LogP contribution in [0.4, 0.5) is 10.1 Å². The number of aromatic nitrogens is 2. The van der Waals surface area contributed by atoms with Crippen LogP contribution in [0.1, 0.15) is 35.9 Å². The number of anilines is 1. The van der Waals surface area contributed by atoms with Crippen molar-refractivity contribution in [1.29, 1.82) is 0 Å². The molecule has 1 heterocycles. The van der Waals surface area contributed by atoms with Gasteiger partial charge in [0.05, 0.1) is 11.4 Å². The third kappa shape index (κ3) is 5.94. The molecule has 0 spiro atoms. The molecular formula is C26H29FN4O2. The van der Waals surface area contributed by atoms with Gasteiger partial charge in [0.1, 0.15) is 12.4 Å². The van der Waals surface area contributed by atoms with Crippen LogP contribution in [-0.4, -0.2) is 39.6 Å². The zero-order valence-electron chi connectivity index (χ0n) is 19.4. The summed E-state index contributed by atoms with van der Waals surface area (Å²) in [7, 11) is 0. The number of carbonyl (C=O) groups excluding carboxylic acids is 2. The second-order valence-corrected chi connectivity index (χ2v) is 7.93. The minimum Gasteiger partial charge on any atom is -0.330 e. The van der Waals surface area contributed by atoms with Crippen LogP contribution in [0.25, 0.3) is 11.8 Å². The molecule has 172 valence electrons. The van der Waals surface area contributed by atoms with Gasteiger partial charge in [-0.1, -0.05) is 25.1 Å². The zero-order chi connectivity index (χ0) is 24.0. The predicted octanol–water partition coefficient (Wildman–Crippen LogP) is 4.83. The van der Waals surface area contributed by atoms with E-state index < -0.39 is 0 Å². The number of nitrogens with zero attached hydrogens (tertiary/aromatic N) is 3. The van der Waals surface area contributed by atoms with Gasteiger partial charge in [-0.15, -0.1) is 0 Å². The Morgan fingerprint density at radius 3 is 2.45 bits per heavy atom. The number of hydrogen-bond acceptors (Lipinski definition) is 3. The third-order valence-electron chi connectivity index (χ3n) is 5.37. The minimum absolute atomic E-state index is 0.0296. The average molecular weight is 449 g/mol. The Morgan fingerprint density at radius 2 is 1.79 bits per heavy atom. The molecule has 2 aromatic carbocycles. The topological polar surface area (TPSA) is 67.2 Å². The van der Waals surface area contributed by atoms with Gasteiger partial charge in [-0.3, -0.25) is 9.59 Å². The van der Waals surface area contributed by atoms with E-state index in [-0.39, 0.29) is 24.2 Å². The van der Waals surface area contributed by atoms with Gasteiger partial charge >= 0.3 is 0 Å². The lowest BCUT2D eigenvalue weighted by atomic mass is 10.1. The Kier molecular flexibility index (Phi) is 7.77. The maximum atomic E-state index is 13.3. The lowest BCUT2D eigenvalue weighted by Crippen LogP contribution is -2.37. The molecule has 0 saturated carbocycles. The van der Waals surface area contributed by atoms with Gasteiger partial charge in [0.2, 0.25) is 11.8 Å². The molecule has 0 bridgehead atoms. The zero-order valence-corrected chi connectivity index (χ0v) is 19.4. The van der Waals surface area contributed by atoms with Crippen LogP contribution in [0.2, 0.25) is 0 Å². The van der Waals surface area contributed by atoms with Crippen LogP contribution < -0.4 is 5.32 Å². The predicted molar refractivity (Wildman–Crippen MR) is 129 cm³/mol. The molecule has 3 aromatic rings. The second-order valence-electron chi connectivity index (χ2n) is 7.93. The summed E-state index contributed by atoms with van der Waals surface area (Å²) >= 11 is 0. The van der Waals surface area contributed by atoms with Crippen molar-refractivity contribution < 1.29 is 14.0 Å². The summed E-state index contributed by atoms with van der Waals surface area (Å²) in [6.07, 6.45) is 3.93. The first-order chi connectivity index (χ1) is 15.8. The summed E-state index contributed by atoms with van der Waals surface area (Å²) in [6.45, 7) is 8.08. The van der Waals surface area contributed by atoms with Gasteiger partial charge in [-0.05, 0) is 69.2 Å². The van der Waals surface area contributed by atoms with Crippen molar-refractivity contribution in [3.63, 3.8) is 0 Å². The molecule has 1 aromatic heterocycles. The molecular weight excluding hydrogens is 419 g/mol. The number of benzene rings is 2. The van der Waals surface area contributed by atoms with E-state index in [0.717, 1.165) is 40.3 Å². The fourth-order valence-corrected chi connectivity index (χ4v) is 3.60. The van der Waals surface area contributed by atoms with E-state index in [2.05, 4.69) is 10.4 Å². The molecule has 0 aliphatic heterocycles. The van der Waals surface area contributed by atoms with E-state index in [4.69, 9.17) is 0 Å². The van der Waals surface area contributed by atoms with E-state index in [1.165, 1.54) is 23.1 Å². The maximum Gasteiger partial charge on any atom is 0.247 e. The molecule has 0 saturated heterocycles. The van der Waals surface area contributed by atoms with Gasteiger partial charge in [0.15, 0.2) is 0 Å². The maximum absolute atomic E-state index is 13.3. The Morgan fingerprint density at radius 1 is 1.09 bits per heavy atom. The Bertz CT molecular complexity index is 1170. The first-order valence-corrected chi connectivity index (χ1v) is 10.9. The summed E-state index contributed by atoms with van der Waals surface area (Å²) in [5.74, 6) is -0.797. The number of carbonyl (C=O) groups is 2. The molecule has 7 heteroatoms. The molecule has 0 atom stereocenters. The van der Waals surface area contributed by atoms with Gasteiger partial charge in [0, 0.05) is 29.6 Å². The van der Waals surface area contributed by atoms with Gasteiger partial charge in [-0.25, -0.2) is 9.07 Å². The van der Waals surface area contributed by atoms with Crippen LogP contribution in [0, 0.1) is 26.6 Å². The molecule has 33 heavy (non-hydrogen) atoms. The first kappa shape index (κ1) is 23.9. The Labute approximate surface area is 193 Å². The van der Waals surface area contributed by atoms with Gasteiger partial charge in [-0.2, -0.15) is 5.10 Å². The molecule has 1 N–H and O–H groups in total. The number of para-hydroxylation sites is 1. The van der Waals surface area contributed by atoms with Crippen molar-refractivity contribution in [2.24, 2.45) is 0 Å². The van der Waals surface area contributed by atoms with E-state index in [0.29, 0.717) is 6.54 Å². The van der Waals surface area contributed by atoms with Crippen molar-refractivity contribution in [3.8, 4) is 5.69 Å². The lowest BCUT2D eigenvalue weighted by Gasteiger charge is -2.20. The van der Waals surface area contributed by atoms with E-state index in [1.54, 1.807) is 22.9 Å². The molecule has 0 unspecified atom stereocenters. The fourth-order valence-electron chi connectivity index (χ4n) is 3.60. The van der Waals surface area contributed by atoms with Crippen LogP contribution in [0.15, 0.2) is 54.6 Å². The summed E-state index contributed by atoms with van der Waals surface area (Å²) in [6, 6.07) is 13.6. The number of amides is 2. The molecule has 0 aliphatic carbocycles. The van der Waals surface area contributed by atoms with Crippen LogP contribution in [-0.2, 0) is 9.59 Å².